The summed E-state index contributed by atoms with van der Waals surface area (Å²) in [5, 5.41) is 2.85. The number of rotatable bonds is 2. The molecule has 1 N–H and O–H groups in total. The summed E-state index contributed by atoms with van der Waals surface area (Å²) < 4.78 is 5.43. The molecule has 84 valence electrons. The Morgan fingerprint density at radius 1 is 1.38 bits per heavy atom. The predicted molar refractivity (Wildman–Crippen MR) is 56.5 cm³/mol. The maximum Gasteiger partial charge on any atom is 0.287 e. The van der Waals surface area contributed by atoms with Gasteiger partial charge in [0.2, 0.25) is 0 Å². The number of aryl methyl sites for hydroxylation is 1. The number of hydrogen-bond acceptors (Lipinski definition) is 3. The van der Waals surface area contributed by atoms with Gasteiger partial charge in [0, 0.05) is 24.9 Å². The van der Waals surface area contributed by atoms with E-state index in [1.54, 1.807) is 6.07 Å². The molecule has 3 rings (SSSR count). The molecule has 4 heteroatoms. The highest BCUT2D eigenvalue weighted by Gasteiger charge is 2.28. The van der Waals surface area contributed by atoms with Crippen LogP contribution in [0.2, 0.25) is 0 Å². The zero-order chi connectivity index (χ0) is 11.1. The van der Waals surface area contributed by atoms with Gasteiger partial charge in [-0.1, -0.05) is 0 Å². The lowest BCUT2D eigenvalue weighted by Crippen LogP contribution is -2.24. The van der Waals surface area contributed by atoms with E-state index in [1.165, 1.54) is 0 Å². The van der Waals surface area contributed by atoms with Gasteiger partial charge in [-0.05, 0) is 19.3 Å². The van der Waals surface area contributed by atoms with Crippen molar-refractivity contribution < 1.29 is 14.0 Å². The average molecular weight is 219 g/mol. The summed E-state index contributed by atoms with van der Waals surface area (Å²) in [4.78, 5) is 23.3. The fourth-order valence-corrected chi connectivity index (χ4v) is 1.99. The molecular weight excluding hydrogens is 206 g/mol. The molecule has 4 nitrogen and oxygen atoms in total. The second-order valence-electron chi connectivity index (χ2n) is 4.47. The number of furan rings is 1. The third-order valence-electron chi connectivity index (χ3n) is 3.05. The molecule has 0 unspecified atom stereocenters. The smallest absolute Gasteiger partial charge is 0.287 e. The van der Waals surface area contributed by atoms with E-state index in [1.807, 2.05) is 0 Å². The van der Waals surface area contributed by atoms with Crippen molar-refractivity contribution in [1.82, 2.24) is 5.32 Å². The summed E-state index contributed by atoms with van der Waals surface area (Å²) in [6.07, 6.45) is 4.24. The fraction of sp³-hybridized carbons (Fsp3) is 0.500. The molecule has 1 aromatic heterocycles. The van der Waals surface area contributed by atoms with Crippen molar-refractivity contribution >= 4 is 11.7 Å². The molecule has 0 atom stereocenters. The van der Waals surface area contributed by atoms with Crippen LogP contribution in [0.5, 0.6) is 0 Å². The minimum atomic E-state index is -0.190. The Kier molecular flexibility index (Phi) is 2.09. The fourth-order valence-electron chi connectivity index (χ4n) is 1.99. The SMILES string of the molecule is O=C(NC1CC1)c1cc2c(o1)CCCC2=O. The summed E-state index contributed by atoms with van der Waals surface area (Å²) in [5.41, 5.74) is 0.604. The number of amides is 1. The zero-order valence-electron chi connectivity index (χ0n) is 8.91. The van der Waals surface area contributed by atoms with Crippen molar-refractivity contribution in [2.75, 3.05) is 0 Å². The van der Waals surface area contributed by atoms with Gasteiger partial charge in [-0.3, -0.25) is 9.59 Å². The lowest BCUT2D eigenvalue weighted by Gasteiger charge is -2.06. The van der Waals surface area contributed by atoms with Crippen molar-refractivity contribution in [2.45, 2.75) is 38.1 Å². The summed E-state index contributed by atoms with van der Waals surface area (Å²) in [6.45, 7) is 0. The standard InChI is InChI=1S/C12H13NO3/c14-9-2-1-3-10-8(9)6-11(16-10)12(15)13-7-4-5-7/h6-7H,1-5H2,(H,13,15). The predicted octanol–water partition coefficient (Wildman–Crippen LogP) is 1.69. The van der Waals surface area contributed by atoms with Crippen molar-refractivity contribution in [2.24, 2.45) is 0 Å². The lowest BCUT2D eigenvalue weighted by molar-refractivity contribution is 0.0917. The van der Waals surface area contributed by atoms with Crippen LogP contribution in [0.15, 0.2) is 10.5 Å². The zero-order valence-corrected chi connectivity index (χ0v) is 8.91. The molecule has 0 saturated heterocycles. The molecule has 1 saturated carbocycles. The quantitative estimate of drug-likeness (QED) is 0.823. The first-order valence-corrected chi connectivity index (χ1v) is 5.71. The van der Waals surface area contributed by atoms with Gasteiger partial charge in [-0.2, -0.15) is 0 Å². The number of carbonyl (C=O) groups is 2. The van der Waals surface area contributed by atoms with E-state index in [9.17, 15) is 9.59 Å². The van der Waals surface area contributed by atoms with Crippen LogP contribution in [0.3, 0.4) is 0 Å². The Labute approximate surface area is 93.0 Å². The number of fused-ring (bicyclic) bond motifs is 1. The van der Waals surface area contributed by atoms with E-state index < -0.39 is 0 Å². The number of ketones is 1. The van der Waals surface area contributed by atoms with Crippen molar-refractivity contribution in [3.63, 3.8) is 0 Å². The number of nitrogens with one attached hydrogen (secondary N) is 1. The lowest BCUT2D eigenvalue weighted by atomic mass is 9.97. The van der Waals surface area contributed by atoms with E-state index in [-0.39, 0.29) is 17.5 Å². The van der Waals surface area contributed by atoms with Crippen LogP contribution in [0.4, 0.5) is 0 Å². The Morgan fingerprint density at radius 3 is 2.88 bits per heavy atom. The van der Waals surface area contributed by atoms with Crippen LogP contribution in [0, 0.1) is 0 Å². The average Bonchev–Trinajstić information content (AvgIpc) is 2.95. The Balaban J connectivity index is 1.85. The first kappa shape index (κ1) is 9.63. The molecule has 16 heavy (non-hydrogen) atoms. The first-order valence-electron chi connectivity index (χ1n) is 5.71. The van der Waals surface area contributed by atoms with Crippen LogP contribution in [0.1, 0.15) is 52.4 Å². The molecule has 0 radical (unpaired) electrons. The van der Waals surface area contributed by atoms with Gasteiger partial charge in [0.15, 0.2) is 11.5 Å². The van der Waals surface area contributed by atoms with Gasteiger partial charge < -0.3 is 9.73 Å². The van der Waals surface area contributed by atoms with E-state index in [0.717, 1.165) is 25.7 Å². The topological polar surface area (TPSA) is 59.3 Å². The van der Waals surface area contributed by atoms with Crippen molar-refractivity contribution in [3.8, 4) is 0 Å². The summed E-state index contributed by atoms with van der Waals surface area (Å²) in [6, 6.07) is 1.90. The largest absolute Gasteiger partial charge is 0.455 e. The number of hydrogen-bond donors (Lipinski definition) is 1. The van der Waals surface area contributed by atoms with Gasteiger partial charge >= 0.3 is 0 Å². The number of Topliss-reactive ketones (excluding diaryl/α,β-unsaturated/α-hetero) is 1. The molecule has 2 aliphatic carbocycles. The molecule has 1 fully saturated rings. The minimum absolute atomic E-state index is 0.0930. The van der Waals surface area contributed by atoms with Crippen LogP contribution in [-0.2, 0) is 6.42 Å². The van der Waals surface area contributed by atoms with Crippen LogP contribution in [-0.4, -0.2) is 17.7 Å². The summed E-state index contributed by atoms with van der Waals surface area (Å²) >= 11 is 0. The van der Waals surface area contributed by atoms with E-state index in [2.05, 4.69) is 5.32 Å². The maximum absolute atomic E-state index is 11.7. The van der Waals surface area contributed by atoms with Gasteiger partial charge in [0.05, 0.1) is 5.56 Å². The Bertz CT molecular complexity index is 457. The van der Waals surface area contributed by atoms with Crippen molar-refractivity contribution in [1.29, 1.82) is 0 Å². The van der Waals surface area contributed by atoms with Gasteiger partial charge in [-0.25, -0.2) is 0 Å². The van der Waals surface area contributed by atoms with Crippen LogP contribution >= 0.6 is 0 Å². The summed E-state index contributed by atoms with van der Waals surface area (Å²) in [7, 11) is 0. The molecule has 0 aromatic carbocycles. The maximum atomic E-state index is 11.7. The molecule has 1 amide bonds. The Morgan fingerprint density at radius 2 is 2.19 bits per heavy atom. The molecule has 1 aromatic rings. The van der Waals surface area contributed by atoms with E-state index >= 15 is 0 Å². The van der Waals surface area contributed by atoms with Crippen LogP contribution in [0.25, 0.3) is 0 Å². The van der Waals surface area contributed by atoms with Gasteiger partial charge in [0.25, 0.3) is 5.91 Å². The van der Waals surface area contributed by atoms with Gasteiger partial charge in [0.1, 0.15) is 5.76 Å². The number of carbonyl (C=O) groups excluding carboxylic acids is 2. The molecule has 0 spiro atoms. The van der Waals surface area contributed by atoms with Gasteiger partial charge in [-0.15, -0.1) is 0 Å². The molecule has 0 bridgehead atoms. The Hall–Kier alpha value is -1.58. The molecular formula is C12H13NO3. The monoisotopic (exact) mass is 219 g/mol. The van der Waals surface area contributed by atoms with Crippen molar-refractivity contribution in [3.05, 3.63) is 23.2 Å². The third kappa shape index (κ3) is 1.64. The first-order chi connectivity index (χ1) is 7.74. The summed E-state index contributed by atoms with van der Waals surface area (Å²) in [5.74, 6) is 0.865. The third-order valence-corrected chi connectivity index (χ3v) is 3.05. The normalized spacial score (nSPS) is 19.4. The second-order valence-corrected chi connectivity index (χ2v) is 4.47. The second kappa shape index (κ2) is 3.47. The molecule has 1 heterocycles. The highest BCUT2D eigenvalue weighted by atomic mass is 16.4. The minimum Gasteiger partial charge on any atom is -0.455 e. The van der Waals surface area contributed by atoms with E-state index in [4.69, 9.17) is 4.42 Å². The molecule has 2 aliphatic rings. The molecule has 0 aliphatic heterocycles. The van der Waals surface area contributed by atoms with Crippen LogP contribution < -0.4 is 5.32 Å². The highest BCUT2D eigenvalue weighted by molar-refractivity contribution is 6.01. The van der Waals surface area contributed by atoms with E-state index in [0.29, 0.717) is 23.8 Å². The highest BCUT2D eigenvalue weighted by Crippen LogP contribution is 2.25.